The van der Waals surface area contributed by atoms with E-state index in [1.54, 1.807) is 7.11 Å². The first-order valence-electron chi connectivity index (χ1n) is 5.12. The average Bonchev–Trinajstić information content (AvgIpc) is 2.78. The van der Waals surface area contributed by atoms with Gasteiger partial charge in [0.05, 0.1) is 6.04 Å². The van der Waals surface area contributed by atoms with Crippen LogP contribution in [0.1, 0.15) is 18.5 Å². The molecule has 0 aliphatic carbocycles. The van der Waals surface area contributed by atoms with E-state index in [0.717, 1.165) is 0 Å². The third-order valence-electron chi connectivity index (χ3n) is 2.65. The minimum absolute atomic E-state index is 0.00355. The fraction of sp³-hybridized carbons (Fsp3) is 0.333. The molecule has 1 aliphatic heterocycles. The van der Waals surface area contributed by atoms with Gasteiger partial charge < -0.3 is 9.75 Å². The van der Waals surface area contributed by atoms with Gasteiger partial charge in [-0.15, -0.1) is 0 Å². The van der Waals surface area contributed by atoms with Gasteiger partial charge in [0.1, 0.15) is 6.23 Å². The monoisotopic (exact) mass is 204 g/mol. The third-order valence-corrected chi connectivity index (χ3v) is 2.65. The number of rotatable bonds is 3. The maximum atomic E-state index is 5.19. The summed E-state index contributed by atoms with van der Waals surface area (Å²) in [6.45, 7) is 2.16. The average molecular weight is 204 g/mol. The minimum Gasteiger partial charge on any atom is -0.361 e. The fourth-order valence-electron chi connectivity index (χ4n) is 1.67. The topological polar surface area (TPSA) is 24.5 Å². The van der Waals surface area contributed by atoms with E-state index in [4.69, 9.17) is 4.74 Å². The Bertz CT molecular complexity index is 337. The normalized spacial score (nSPS) is 22.0. The largest absolute Gasteiger partial charge is 0.361 e. The lowest BCUT2D eigenvalue weighted by atomic mass is 10.1. The van der Waals surface area contributed by atoms with Gasteiger partial charge >= 0.3 is 0 Å². The van der Waals surface area contributed by atoms with Crippen LogP contribution in [0, 0.1) is 0 Å². The Morgan fingerprint density at radius 1 is 1.33 bits per heavy atom. The molecule has 1 aromatic carbocycles. The molecule has 2 atom stereocenters. The lowest BCUT2D eigenvalue weighted by Crippen LogP contribution is -2.37. The van der Waals surface area contributed by atoms with Gasteiger partial charge in [-0.2, -0.15) is 0 Å². The highest BCUT2D eigenvalue weighted by atomic mass is 16.5. The van der Waals surface area contributed by atoms with Crippen LogP contribution in [0.25, 0.3) is 0 Å². The number of hydrogen-bond acceptors (Lipinski definition) is 3. The van der Waals surface area contributed by atoms with Crippen LogP contribution < -0.4 is 5.43 Å². The summed E-state index contributed by atoms with van der Waals surface area (Å²) >= 11 is 0. The highest BCUT2D eigenvalue weighted by molar-refractivity contribution is 5.19. The van der Waals surface area contributed by atoms with Crippen molar-refractivity contribution in [2.24, 2.45) is 0 Å². The summed E-state index contributed by atoms with van der Waals surface area (Å²) in [5.41, 5.74) is 4.52. The van der Waals surface area contributed by atoms with Crippen molar-refractivity contribution in [2.75, 3.05) is 7.11 Å². The zero-order valence-electron chi connectivity index (χ0n) is 9.05. The van der Waals surface area contributed by atoms with Crippen molar-refractivity contribution in [3.05, 3.63) is 48.2 Å². The second-order valence-corrected chi connectivity index (χ2v) is 3.62. The molecular formula is C12H16N2O. The standard InChI is InChI=1S/C12H16N2O/c1-10(11-6-4-3-5-7-11)14-9-8-12(13-14)15-2/h3-10,12-13H,1-2H3. The number of benzene rings is 1. The van der Waals surface area contributed by atoms with Gasteiger partial charge in [-0.25, -0.2) is 5.43 Å². The van der Waals surface area contributed by atoms with Crippen LogP contribution >= 0.6 is 0 Å². The van der Waals surface area contributed by atoms with Crippen molar-refractivity contribution in [2.45, 2.75) is 19.2 Å². The molecule has 1 aliphatic rings. The number of hydrogen-bond donors (Lipinski definition) is 1. The highest BCUT2D eigenvalue weighted by Crippen LogP contribution is 2.21. The third kappa shape index (κ3) is 2.19. The summed E-state index contributed by atoms with van der Waals surface area (Å²) < 4.78 is 5.19. The van der Waals surface area contributed by atoms with Gasteiger partial charge in [-0.3, -0.25) is 0 Å². The molecule has 0 amide bonds. The van der Waals surface area contributed by atoms with Crippen molar-refractivity contribution in [3.63, 3.8) is 0 Å². The number of hydrazine groups is 1. The van der Waals surface area contributed by atoms with E-state index in [1.165, 1.54) is 5.56 Å². The Morgan fingerprint density at radius 2 is 2.07 bits per heavy atom. The predicted octanol–water partition coefficient (Wildman–Crippen LogP) is 2.05. The summed E-state index contributed by atoms with van der Waals surface area (Å²) in [6, 6.07) is 10.7. The summed E-state index contributed by atoms with van der Waals surface area (Å²) in [7, 11) is 1.69. The van der Waals surface area contributed by atoms with Gasteiger partial charge in [0.25, 0.3) is 0 Å². The van der Waals surface area contributed by atoms with E-state index in [0.29, 0.717) is 6.04 Å². The molecule has 0 aromatic heterocycles. The summed E-state index contributed by atoms with van der Waals surface area (Å²) in [5.74, 6) is 0. The number of nitrogens with zero attached hydrogens (tertiary/aromatic N) is 1. The molecule has 1 aromatic rings. The molecule has 0 saturated heterocycles. The van der Waals surface area contributed by atoms with Crippen LogP contribution in [0.5, 0.6) is 0 Å². The highest BCUT2D eigenvalue weighted by Gasteiger charge is 2.19. The van der Waals surface area contributed by atoms with E-state index in [1.807, 2.05) is 18.3 Å². The Hall–Kier alpha value is -1.32. The zero-order valence-corrected chi connectivity index (χ0v) is 9.05. The first-order chi connectivity index (χ1) is 7.31. The van der Waals surface area contributed by atoms with Crippen molar-refractivity contribution in [1.82, 2.24) is 10.4 Å². The van der Waals surface area contributed by atoms with Crippen LogP contribution in [-0.2, 0) is 4.74 Å². The first-order valence-corrected chi connectivity index (χ1v) is 5.12. The number of nitrogens with one attached hydrogen (secondary N) is 1. The predicted molar refractivity (Wildman–Crippen MR) is 59.8 cm³/mol. The quantitative estimate of drug-likeness (QED) is 0.815. The lowest BCUT2D eigenvalue weighted by Gasteiger charge is -2.26. The van der Waals surface area contributed by atoms with Gasteiger partial charge in [-0.1, -0.05) is 30.3 Å². The van der Waals surface area contributed by atoms with Crippen molar-refractivity contribution in [1.29, 1.82) is 0 Å². The Morgan fingerprint density at radius 3 is 2.67 bits per heavy atom. The van der Waals surface area contributed by atoms with E-state index >= 15 is 0 Å². The van der Waals surface area contributed by atoms with Crippen LogP contribution in [0.15, 0.2) is 42.6 Å². The van der Waals surface area contributed by atoms with Crippen molar-refractivity contribution in [3.8, 4) is 0 Å². The Labute approximate surface area is 90.3 Å². The summed E-state index contributed by atoms with van der Waals surface area (Å²) in [4.78, 5) is 0. The van der Waals surface area contributed by atoms with E-state index < -0.39 is 0 Å². The molecule has 15 heavy (non-hydrogen) atoms. The molecule has 1 N–H and O–H groups in total. The molecule has 0 spiro atoms. The Balaban J connectivity index is 2.04. The first kappa shape index (κ1) is 10.2. The molecule has 2 unspecified atom stereocenters. The van der Waals surface area contributed by atoms with E-state index in [9.17, 15) is 0 Å². The molecular weight excluding hydrogens is 188 g/mol. The van der Waals surface area contributed by atoms with Crippen molar-refractivity contribution < 1.29 is 4.74 Å². The number of ether oxygens (including phenoxy) is 1. The molecule has 2 rings (SSSR count). The second kappa shape index (κ2) is 4.47. The molecule has 0 fully saturated rings. The van der Waals surface area contributed by atoms with Gasteiger partial charge in [-0.05, 0) is 18.6 Å². The maximum absolute atomic E-state index is 5.19. The smallest absolute Gasteiger partial charge is 0.145 e. The van der Waals surface area contributed by atoms with Crippen LogP contribution in [0.2, 0.25) is 0 Å². The van der Waals surface area contributed by atoms with Gasteiger partial charge in [0.2, 0.25) is 0 Å². The molecule has 0 saturated carbocycles. The Kier molecular flexibility index (Phi) is 3.04. The van der Waals surface area contributed by atoms with Crippen LogP contribution in [-0.4, -0.2) is 18.3 Å². The zero-order chi connectivity index (χ0) is 10.7. The molecule has 3 nitrogen and oxygen atoms in total. The molecule has 1 heterocycles. The van der Waals surface area contributed by atoms with Gasteiger partial charge in [0.15, 0.2) is 0 Å². The lowest BCUT2D eigenvalue weighted by molar-refractivity contribution is 0.0579. The minimum atomic E-state index is -0.00355. The number of methoxy groups -OCH3 is 1. The SMILES string of the molecule is COC1C=CN(C(C)c2ccccc2)N1. The fourth-order valence-corrected chi connectivity index (χ4v) is 1.67. The second-order valence-electron chi connectivity index (χ2n) is 3.62. The van der Waals surface area contributed by atoms with E-state index in [-0.39, 0.29) is 6.23 Å². The van der Waals surface area contributed by atoms with E-state index in [2.05, 4.69) is 41.6 Å². The summed E-state index contributed by atoms with van der Waals surface area (Å²) in [5, 5.41) is 2.06. The maximum Gasteiger partial charge on any atom is 0.145 e. The molecule has 3 heteroatoms. The summed E-state index contributed by atoms with van der Waals surface area (Å²) in [6.07, 6.45) is 4.02. The van der Waals surface area contributed by atoms with Crippen molar-refractivity contribution >= 4 is 0 Å². The van der Waals surface area contributed by atoms with Crippen LogP contribution in [0.3, 0.4) is 0 Å². The van der Waals surface area contributed by atoms with Gasteiger partial charge in [0, 0.05) is 13.3 Å². The molecule has 0 radical (unpaired) electrons. The van der Waals surface area contributed by atoms with Crippen LogP contribution in [0.4, 0.5) is 0 Å². The molecule has 0 bridgehead atoms. The molecule has 80 valence electrons.